The minimum Gasteiger partial charge on any atom is -0.469 e. The van der Waals surface area contributed by atoms with Gasteiger partial charge in [0.1, 0.15) is 12.2 Å². The normalized spacial score (nSPS) is 26.3. The third-order valence-electron chi connectivity index (χ3n) is 3.86. The highest BCUT2D eigenvalue weighted by Gasteiger charge is 2.48. The minimum atomic E-state index is -0.634. The monoisotopic (exact) mass is 330 g/mol. The molecule has 0 aromatic heterocycles. The Morgan fingerprint density at radius 1 is 0.783 bits per heavy atom. The number of methoxy groups -OCH3 is 2. The average molecular weight is 330 g/mol. The molecule has 0 amide bonds. The van der Waals surface area contributed by atoms with Crippen LogP contribution in [0.4, 0.5) is 0 Å². The van der Waals surface area contributed by atoms with Gasteiger partial charge in [-0.15, -0.1) is 0 Å². The Hall–Kier alpha value is -2.12. The first-order valence-corrected chi connectivity index (χ1v) is 7.26. The summed E-state index contributed by atoms with van der Waals surface area (Å²) in [7, 11) is 2.49. The van der Waals surface area contributed by atoms with Crippen LogP contribution in [0.15, 0.2) is 0 Å². The van der Waals surface area contributed by atoms with Crippen LogP contribution in [0.1, 0.15) is 33.1 Å². The van der Waals surface area contributed by atoms with Gasteiger partial charge < -0.3 is 18.9 Å². The third-order valence-corrected chi connectivity index (χ3v) is 3.86. The van der Waals surface area contributed by atoms with Gasteiger partial charge in [-0.1, -0.05) is 0 Å². The van der Waals surface area contributed by atoms with Crippen LogP contribution in [-0.4, -0.2) is 50.3 Å². The molecule has 23 heavy (non-hydrogen) atoms. The summed E-state index contributed by atoms with van der Waals surface area (Å²) in [5.74, 6) is -2.99. The fraction of sp³-hybridized carbons (Fsp3) is 0.733. The van der Waals surface area contributed by atoms with Crippen molar-refractivity contribution in [2.24, 2.45) is 11.8 Å². The molecule has 0 radical (unpaired) electrons. The number of hydrogen-bond acceptors (Lipinski definition) is 8. The van der Waals surface area contributed by atoms with Crippen molar-refractivity contribution in [3.05, 3.63) is 0 Å². The first-order chi connectivity index (χ1) is 10.8. The lowest BCUT2D eigenvalue weighted by Crippen LogP contribution is -2.30. The zero-order valence-electron chi connectivity index (χ0n) is 13.7. The molecular formula is C15H22O8. The number of carbonyl (C=O) groups is 4. The summed E-state index contributed by atoms with van der Waals surface area (Å²) in [5, 5.41) is 0. The summed E-state index contributed by atoms with van der Waals surface area (Å²) in [6, 6.07) is 0. The van der Waals surface area contributed by atoms with E-state index in [9.17, 15) is 19.2 Å². The van der Waals surface area contributed by atoms with Gasteiger partial charge in [0.2, 0.25) is 0 Å². The molecule has 0 spiro atoms. The molecule has 1 saturated carbocycles. The van der Waals surface area contributed by atoms with Gasteiger partial charge in [0.25, 0.3) is 0 Å². The second-order valence-corrected chi connectivity index (χ2v) is 5.42. The van der Waals surface area contributed by atoms with Crippen molar-refractivity contribution in [2.75, 3.05) is 14.2 Å². The molecule has 0 heterocycles. The Morgan fingerprint density at radius 3 is 1.39 bits per heavy atom. The van der Waals surface area contributed by atoms with E-state index in [2.05, 4.69) is 9.47 Å². The third kappa shape index (κ3) is 5.54. The highest BCUT2D eigenvalue weighted by atomic mass is 16.6. The van der Waals surface area contributed by atoms with E-state index in [0.29, 0.717) is 0 Å². The van der Waals surface area contributed by atoms with Crippen LogP contribution < -0.4 is 0 Å². The molecule has 130 valence electrons. The number of carbonyl (C=O) groups excluding carboxylic acids is 4. The van der Waals surface area contributed by atoms with Crippen LogP contribution in [-0.2, 0) is 38.1 Å². The maximum Gasteiger partial charge on any atom is 0.305 e. The lowest BCUT2D eigenvalue weighted by atomic mass is 9.88. The van der Waals surface area contributed by atoms with E-state index in [0.717, 1.165) is 0 Å². The van der Waals surface area contributed by atoms with Crippen molar-refractivity contribution in [1.29, 1.82) is 0 Å². The lowest BCUT2D eigenvalue weighted by molar-refractivity contribution is -0.154. The van der Waals surface area contributed by atoms with Crippen LogP contribution in [0.3, 0.4) is 0 Å². The van der Waals surface area contributed by atoms with E-state index < -0.39 is 47.9 Å². The Bertz CT molecular complexity index is 430. The van der Waals surface area contributed by atoms with E-state index in [-0.39, 0.29) is 19.3 Å². The van der Waals surface area contributed by atoms with Crippen molar-refractivity contribution in [2.45, 2.75) is 45.3 Å². The van der Waals surface area contributed by atoms with Crippen LogP contribution in [0.5, 0.6) is 0 Å². The number of hydrogen-bond donors (Lipinski definition) is 0. The van der Waals surface area contributed by atoms with Crippen molar-refractivity contribution < 1.29 is 38.1 Å². The number of rotatable bonds is 6. The average Bonchev–Trinajstić information content (AvgIpc) is 2.74. The van der Waals surface area contributed by atoms with Gasteiger partial charge in [-0.2, -0.15) is 0 Å². The summed E-state index contributed by atoms with van der Waals surface area (Å²) < 4.78 is 19.8. The van der Waals surface area contributed by atoms with Gasteiger partial charge in [0.15, 0.2) is 0 Å². The van der Waals surface area contributed by atoms with E-state index in [1.165, 1.54) is 28.1 Å². The molecule has 0 saturated heterocycles. The molecule has 8 nitrogen and oxygen atoms in total. The summed E-state index contributed by atoms with van der Waals surface area (Å²) >= 11 is 0. The minimum absolute atomic E-state index is 0.0477. The van der Waals surface area contributed by atoms with Crippen molar-refractivity contribution in [3.8, 4) is 0 Å². The van der Waals surface area contributed by atoms with E-state index >= 15 is 0 Å². The highest BCUT2D eigenvalue weighted by molar-refractivity contribution is 5.72. The Morgan fingerprint density at radius 2 is 1.13 bits per heavy atom. The molecule has 4 atom stereocenters. The lowest BCUT2D eigenvalue weighted by Gasteiger charge is -2.24. The van der Waals surface area contributed by atoms with Crippen LogP contribution >= 0.6 is 0 Å². The van der Waals surface area contributed by atoms with Gasteiger partial charge >= 0.3 is 23.9 Å². The van der Waals surface area contributed by atoms with Gasteiger partial charge in [-0.3, -0.25) is 19.2 Å². The number of ether oxygens (including phenoxy) is 4. The topological polar surface area (TPSA) is 105 Å². The van der Waals surface area contributed by atoms with E-state index in [1.807, 2.05) is 0 Å². The largest absolute Gasteiger partial charge is 0.469 e. The van der Waals surface area contributed by atoms with Crippen LogP contribution in [0, 0.1) is 11.8 Å². The van der Waals surface area contributed by atoms with Gasteiger partial charge in [0.05, 0.1) is 27.1 Å². The zero-order chi connectivity index (χ0) is 17.6. The quantitative estimate of drug-likeness (QED) is 0.515. The smallest absolute Gasteiger partial charge is 0.305 e. The standard InChI is InChI=1S/C15H22O8/c1-8(16)22-12-7-13(23-9(2)17)11(6-15(19)21-4)10(12)5-14(18)20-3/h10-13H,5-7H2,1-4H3. The zero-order valence-corrected chi connectivity index (χ0v) is 13.7. The van der Waals surface area contributed by atoms with Crippen LogP contribution in [0.2, 0.25) is 0 Å². The molecule has 1 fully saturated rings. The van der Waals surface area contributed by atoms with Gasteiger partial charge in [0, 0.05) is 32.1 Å². The highest BCUT2D eigenvalue weighted by Crippen LogP contribution is 2.41. The first-order valence-electron chi connectivity index (χ1n) is 7.26. The molecule has 0 aliphatic heterocycles. The summed E-state index contributed by atoms with van der Waals surface area (Å²) in [5.41, 5.74) is 0. The molecule has 1 aliphatic carbocycles. The molecule has 4 unspecified atom stereocenters. The molecule has 1 rings (SSSR count). The fourth-order valence-electron chi connectivity index (χ4n) is 2.94. The Labute approximate surface area is 134 Å². The fourth-order valence-corrected chi connectivity index (χ4v) is 2.94. The summed E-state index contributed by atoms with van der Waals surface area (Å²) in [6.45, 7) is 2.51. The second-order valence-electron chi connectivity index (χ2n) is 5.42. The van der Waals surface area contributed by atoms with E-state index in [1.54, 1.807) is 0 Å². The molecule has 0 bridgehead atoms. The predicted molar refractivity (Wildman–Crippen MR) is 76.0 cm³/mol. The number of esters is 4. The van der Waals surface area contributed by atoms with Crippen molar-refractivity contribution >= 4 is 23.9 Å². The second kappa shape index (κ2) is 8.50. The molecular weight excluding hydrogens is 308 g/mol. The molecule has 0 aromatic carbocycles. The maximum absolute atomic E-state index is 11.6. The van der Waals surface area contributed by atoms with Gasteiger partial charge in [-0.05, 0) is 0 Å². The predicted octanol–water partition coefficient (Wildman–Crippen LogP) is 0.612. The van der Waals surface area contributed by atoms with E-state index in [4.69, 9.17) is 9.47 Å². The van der Waals surface area contributed by atoms with Crippen LogP contribution in [0.25, 0.3) is 0 Å². The van der Waals surface area contributed by atoms with Gasteiger partial charge in [-0.25, -0.2) is 0 Å². The van der Waals surface area contributed by atoms with Crippen molar-refractivity contribution in [3.63, 3.8) is 0 Å². The SMILES string of the molecule is COC(=O)CC1C(OC(C)=O)CC(OC(C)=O)C1CC(=O)OC. The summed E-state index contributed by atoms with van der Waals surface area (Å²) in [6.07, 6.45) is -1.14. The molecule has 1 aliphatic rings. The molecule has 8 heteroatoms. The molecule has 0 N–H and O–H groups in total. The Kier molecular flexibility index (Phi) is 6.99. The summed E-state index contributed by atoms with van der Waals surface area (Å²) in [4.78, 5) is 45.8. The maximum atomic E-state index is 11.6. The molecule has 0 aromatic rings. The Balaban J connectivity index is 3.02. The first kappa shape index (κ1) is 18.9. The van der Waals surface area contributed by atoms with Crippen molar-refractivity contribution in [1.82, 2.24) is 0 Å².